The number of allylic oxidation sites excluding steroid dienone is 1. The largest absolute Gasteiger partial charge is 0.623 e. The van der Waals surface area contributed by atoms with Crippen LogP contribution in [0.2, 0.25) is 0 Å². The lowest BCUT2D eigenvalue weighted by Crippen LogP contribution is -2.31. The van der Waals surface area contributed by atoms with Crippen molar-refractivity contribution in [2.24, 2.45) is 0 Å². The highest BCUT2D eigenvalue weighted by atomic mass is 16.5. The zero-order valence-corrected chi connectivity index (χ0v) is 9.32. The molecule has 0 aliphatic carbocycles. The normalized spacial score (nSPS) is 19.3. The first kappa shape index (κ1) is 9.97. The summed E-state index contributed by atoms with van der Waals surface area (Å²) in [6.07, 6.45) is 1.97. The van der Waals surface area contributed by atoms with Crippen LogP contribution in [0.4, 0.5) is 0 Å². The zero-order chi connectivity index (χ0) is 11.1. The van der Waals surface area contributed by atoms with Gasteiger partial charge in [0.25, 0.3) is 0 Å². The minimum absolute atomic E-state index is 0.453. The van der Waals surface area contributed by atoms with Crippen molar-refractivity contribution < 1.29 is 4.74 Å². The van der Waals surface area contributed by atoms with Crippen LogP contribution in [-0.2, 0) is 0 Å². The van der Waals surface area contributed by atoms with Gasteiger partial charge in [0, 0.05) is 32.4 Å². The fourth-order valence-electron chi connectivity index (χ4n) is 2.05. The SMILES string of the molecule is CC1=[N+]([O-])C(C)(C)C(c2ccccc2)=C1. The molecule has 78 valence electrons. The number of hydrogen-bond donors (Lipinski definition) is 0. The first-order valence-corrected chi connectivity index (χ1v) is 5.12. The second-order valence-corrected chi connectivity index (χ2v) is 4.42. The average Bonchev–Trinajstić information content (AvgIpc) is 2.43. The van der Waals surface area contributed by atoms with E-state index >= 15 is 0 Å². The summed E-state index contributed by atoms with van der Waals surface area (Å²) < 4.78 is 1.08. The van der Waals surface area contributed by atoms with Crippen molar-refractivity contribution >= 4 is 11.3 Å². The Bertz CT molecular complexity index is 441. The van der Waals surface area contributed by atoms with Crippen LogP contribution in [0.3, 0.4) is 0 Å². The van der Waals surface area contributed by atoms with E-state index in [2.05, 4.69) is 0 Å². The van der Waals surface area contributed by atoms with Gasteiger partial charge in [0.15, 0.2) is 11.3 Å². The number of rotatable bonds is 1. The van der Waals surface area contributed by atoms with E-state index in [9.17, 15) is 5.21 Å². The summed E-state index contributed by atoms with van der Waals surface area (Å²) in [6, 6.07) is 10.1. The molecule has 0 bridgehead atoms. The summed E-state index contributed by atoms with van der Waals surface area (Å²) in [5.74, 6) is 0. The minimum atomic E-state index is -0.453. The quantitative estimate of drug-likeness (QED) is 0.507. The predicted molar refractivity (Wildman–Crippen MR) is 62.8 cm³/mol. The number of nitrogens with zero attached hydrogens (tertiary/aromatic N) is 1. The molecular formula is C13H15NO. The molecule has 0 amide bonds. The Morgan fingerprint density at radius 1 is 1.13 bits per heavy atom. The molecule has 0 spiro atoms. The summed E-state index contributed by atoms with van der Waals surface area (Å²) in [7, 11) is 0. The van der Waals surface area contributed by atoms with Crippen molar-refractivity contribution in [2.45, 2.75) is 26.3 Å². The van der Waals surface area contributed by atoms with Crippen LogP contribution in [0.5, 0.6) is 0 Å². The fourth-order valence-corrected chi connectivity index (χ4v) is 2.05. The maximum Gasteiger partial charge on any atom is 0.193 e. The summed E-state index contributed by atoms with van der Waals surface area (Å²) in [5.41, 5.74) is 2.54. The highest BCUT2D eigenvalue weighted by Gasteiger charge is 2.38. The molecule has 1 aliphatic rings. The van der Waals surface area contributed by atoms with E-state index < -0.39 is 5.54 Å². The van der Waals surface area contributed by atoms with Gasteiger partial charge >= 0.3 is 0 Å². The smallest absolute Gasteiger partial charge is 0.193 e. The van der Waals surface area contributed by atoms with Crippen LogP contribution >= 0.6 is 0 Å². The lowest BCUT2D eigenvalue weighted by Gasteiger charge is -2.22. The molecular weight excluding hydrogens is 186 g/mol. The first-order valence-electron chi connectivity index (χ1n) is 5.12. The van der Waals surface area contributed by atoms with Crippen LogP contribution < -0.4 is 0 Å². The Kier molecular flexibility index (Phi) is 2.14. The molecule has 0 radical (unpaired) electrons. The average molecular weight is 201 g/mol. The highest BCUT2D eigenvalue weighted by Crippen LogP contribution is 2.33. The summed E-state index contributed by atoms with van der Waals surface area (Å²) in [5, 5.41) is 11.8. The minimum Gasteiger partial charge on any atom is -0.623 e. The molecule has 2 heteroatoms. The van der Waals surface area contributed by atoms with Crippen molar-refractivity contribution in [3.05, 3.63) is 47.2 Å². The van der Waals surface area contributed by atoms with Crippen molar-refractivity contribution in [1.29, 1.82) is 0 Å². The van der Waals surface area contributed by atoms with Gasteiger partial charge in [-0.3, -0.25) is 0 Å². The summed E-state index contributed by atoms with van der Waals surface area (Å²) >= 11 is 0. The molecule has 0 saturated heterocycles. The van der Waals surface area contributed by atoms with Gasteiger partial charge in [-0.05, 0) is 5.56 Å². The van der Waals surface area contributed by atoms with Crippen molar-refractivity contribution in [3.8, 4) is 0 Å². The van der Waals surface area contributed by atoms with Gasteiger partial charge in [-0.2, -0.15) is 0 Å². The van der Waals surface area contributed by atoms with E-state index in [0.29, 0.717) is 0 Å². The van der Waals surface area contributed by atoms with Gasteiger partial charge in [0.1, 0.15) is 0 Å². The summed E-state index contributed by atoms with van der Waals surface area (Å²) in [6.45, 7) is 5.76. The third-order valence-electron chi connectivity index (χ3n) is 2.93. The molecule has 1 aliphatic heterocycles. The Balaban J connectivity index is 2.48. The van der Waals surface area contributed by atoms with Crippen LogP contribution in [0.15, 0.2) is 36.4 Å². The Hall–Kier alpha value is -1.57. The van der Waals surface area contributed by atoms with Gasteiger partial charge in [0.05, 0.1) is 0 Å². The Labute approximate surface area is 90.1 Å². The molecule has 0 unspecified atom stereocenters. The molecule has 1 heterocycles. The van der Waals surface area contributed by atoms with Gasteiger partial charge < -0.3 is 5.21 Å². The van der Waals surface area contributed by atoms with Crippen molar-refractivity contribution in [3.63, 3.8) is 0 Å². The Morgan fingerprint density at radius 3 is 2.20 bits per heavy atom. The highest BCUT2D eigenvalue weighted by molar-refractivity contribution is 6.00. The molecule has 0 fully saturated rings. The Morgan fingerprint density at radius 2 is 1.73 bits per heavy atom. The molecule has 0 saturated carbocycles. The molecule has 0 N–H and O–H groups in total. The van der Waals surface area contributed by atoms with E-state index in [1.165, 1.54) is 0 Å². The standard InChI is InChI=1S/C13H15NO/c1-10-9-12(13(2,3)14(10)15)11-7-5-4-6-8-11/h4-9H,1-3H3. The topological polar surface area (TPSA) is 26.1 Å². The van der Waals surface area contributed by atoms with Gasteiger partial charge in [-0.15, -0.1) is 0 Å². The number of benzene rings is 1. The van der Waals surface area contributed by atoms with Gasteiger partial charge in [-0.1, -0.05) is 30.3 Å². The number of hydroxylamine groups is 1. The maximum absolute atomic E-state index is 11.8. The molecule has 2 nitrogen and oxygen atoms in total. The fraction of sp³-hybridized carbons (Fsp3) is 0.308. The first-order chi connectivity index (χ1) is 7.03. The lowest BCUT2D eigenvalue weighted by molar-refractivity contribution is -0.517. The lowest BCUT2D eigenvalue weighted by atomic mass is 9.90. The zero-order valence-electron chi connectivity index (χ0n) is 9.32. The predicted octanol–water partition coefficient (Wildman–Crippen LogP) is 2.83. The molecule has 1 aromatic carbocycles. The second-order valence-electron chi connectivity index (χ2n) is 4.42. The van der Waals surface area contributed by atoms with E-state index in [-0.39, 0.29) is 0 Å². The van der Waals surface area contributed by atoms with Crippen LogP contribution in [0.25, 0.3) is 5.57 Å². The summed E-state index contributed by atoms with van der Waals surface area (Å²) in [4.78, 5) is 0. The molecule has 2 rings (SSSR count). The van der Waals surface area contributed by atoms with E-state index in [1.54, 1.807) is 0 Å². The van der Waals surface area contributed by atoms with E-state index in [1.807, 2.05) is 57.2 Å². The van der Waals surface area contributed by atoms with Crippen LogP contribution in [0.1, 0.15) is 26.3 Å². The molecule has 0 atom stereocenters. The van der Waals surface area contributed by atoms with Gasteiger partial charge in [0.2, 0.25) is 0 Å². The molecule has 15 heavy (non-hydrogen) atoms. The number of hydrogen-bond acceptors (Lipinski definition) is 1. The van der Waals surface area contributed by atoms with Crippen molar-refractivity contribution in [2.75, 3.05) is 0 Å². The second kappa shape index (κ2) is 3.23. The maximum atomic E-state index is 11.8. The third-order valence-corrected chi connectivity index (χ3v) is 2.93. The molecule has 1 aromatic rings. The van der Waals surface area contributed by atoms with E-state index in [4.69, 9.17) is 0 Å². The van der Waals surface area contributed by atoms with Crippen molar-refractivity contribution in [1.82, 2.24) is 0 Å². The van der Waals surface area contributed by atoms with E-state index in [0.717, 1.165) is 21.6 Å². The van der Waals surface area contributed by atoms with Crippen LogP contribution in [0, 0.1) is 5.21 Å². The third kappa shape index (κ3) is 1.46. The molecule has 0 aromatic heterocycles. The monoisotopic (exact) mass is 201 g/mol. The van der Waals surface area contributed by atoms with Gasteiger partial charge in [-0.25, -0.2) is 4.74 Å². The van der Waals surface area contributed by atoms with Crippen LogP contribution in [-0.4, -0.2) is 16.0 Å².